The van der Waals surface area contributed by atoms with Gasteiger partial charge in [0, 0.05) is 22.8 Å². The predicted octanol–water partition coefficient (Wildman–Crippen LogP) is 11.0. The Kier molecular flexibility index (Phi) is 11.6. The number of carbonyl (C=O) groups is 1. The molecule has 1 atom stereocenters. The standard InChI is InChI=1S/C45H48O6/c1-30(2)13-12-14-32(5)20-22-36-35(23-24-39-44(36)50-29-49-39)41-25-38(46)43-42(51-41)26-40(47-27-33-15-8-6-9-16-33)37(21-19-31(3)4)45(43)48-28-34-17-10-7-11-18-34/h6-11,13,15-20,23-24,26,41H,12,14,21-22,25,27-29H2,1-5H3/b32-20+. The fraction of sp³-hybridized carbons (Fsp3) is 0.311. The Morgan fingerprint density at radius 3 is 2.10 bits per heavy atom. The van der Waals surface area contributed by atoms with Crippen LogP contribution < -0.4 is 23.7 Å². The SMILES string of the molecule is CC(C)=CCC/C(C)=C/Cc1c(C2CC(=O)c3c(cc(OCc4ccccc4)c(CC=C(C)C)c3OCc3ccccc3)O2)ccc2c1OCO2. The highest BCUT2D eigenvalue weighted by molar-refractivity contribution is 6.03. The van der Waals surface area contributed by atoms with Crippen molar-refractivity contribution in [1.29, 1.82) is 0 Å². The summed E-state index contributed by atoms with van der Waals surface area (Å²) in [5, 5.41) is 0. The van der Waals surface area contributed by atoms with Crippen LogP contribution in [0.25, 0.3) is 0 Å². The van der Waals surface area contributed by atoms with E-state index < -0.39 is 6.10 Å². The molecule has 4 aromatic rings. The van der Waals surface area contributed by atoms with Gasteiger partial charge in [0.15, 0.2) is 17.3 Å². The Balaban J connectivity index is 1.39. The molecule has 2 aliphatic rings. The summed E-state index contributed by atoms with van der Waals surface area (Å²) in [7, 11) is 0. The van der Waals surface area contributed by atoms with Gasteiger partial charge in [-0.25, -0.2) is 0 Å². The van der Waals surface area contributed by atoms with Gasteiger partial charge in [-0.3, -0.25) is 4.79 Å². The third-order valence-electron chi connectivity index (χ3n) is 9.17. The molecule has 2 heterocycles. The first-order valence-electron chi connectivity index (χ1n) is 17.8. The van der Waals surface area contributed by atoms with Crippen LogP contribution >= 0.6 is 0 Å². The van der Waals surface area contributed by atoms with Crippen LogP contribution in [0.3, 0.4) is 0 Å². The number of hydrogen-bond donors (Lipinski definition) is 0. The maximum atomic E-state index is 14.4. The highest BCUT2D eigenvalue weighted by Crippen LogP contribution is 2.48. The van der Waals surface area contributed by atoms with Gasteiger partial charge < -0.3 is 23.7 Å². The summed E-state index contributed by atoms with van der Waals surface area (Å²) in [6.45, 7) is 11.4. The Morgan fingerprint density at radius 2 is 1.41 bits per heavy atom. The van der Waals surface area contributed by atoms with Crippen LogP contribution in [-0.4, -0.2) is 12.6 Å². The molecule has 0 aliphatic carbocycles. The highest BCUT2D eigenvalue weighted by Gasteiger charge is 2.36. The summed E-state index contributed by atoms with van der Waals surface area (Å²) >= 11 is 0. The van der Waals surface area contributed by atoms with Crippen molar-refractivity contribution >= 4 is 5.78 Å². The first kappa shape index (κ1) is 35.6. The van der Waals surface area contributed by atoms with Gasteiger partial charge >= 0.3 is 0 Å². The van der Waals surface area contributed by atoms with Gasteiger partial charge in [-0.15, -0.1) is 0 Å². The summed E-state index contributed by atoms with van der Waals surface area (Å²) in [6, 6.07) is 25.9. The van der Waals surface area contributed by atoms with E-state index in [-0.39, 0.29) is 19.0 Å². The second-order valence-electron chi connectivity index (χ2n) is 13.8. The van der Waals surface area contributed by atoms with Gasteiger partial charge in [0.25, 0.3) is 0 Å². The van der Waals surface area contributed by atoms with E-state index in [9.17, 15) is 4.79 Å². The van der Waals surface area contributed by atoms with Crippen molar-refractivity contribution in [2.24, 2.45) is 0 Å². The molecule has 0 radical (unpaired) electrons. The lowest BCUT2D eigenvalue weighted by atomic mass is 9.89. The molecule has 0 N–H and O–H groups in total. The molecular formula is C45H48O6. The van der Waals surface area contributed by atoms with Crippen LogP contribution in [0.15, 0.2) is 114 Å². The van der Waals surface area contributed by atoms with Crippen molar-refractivity contribution in [3.8, 4) is 28.7 Å². The number of fused-ring (bicyclic) bond motifs is 2. The van der Waals surface area contributed by atoms with E-state index in [1.165, 1.54) is 11.1 Å². The van der Waals surface area contributed by atoms with E-state index in [1.54, 1.807) is 0 Å². The summed E-state index contributed by atoms with van der Waals surface area (Å²) in [5.41, 5.74) is 9.01. The molecule has 0 spiro atoms. The molecule has 0 saturated carbocycles. The van der Waals surface area contributed by atoms with Gasteiger partial charge in [0.2, 0.25) is 6.79 Å². The zero-order valence-electron chi connectivity index (χ0n) is 30.4. The fourth-order valence-corrected chi connectivity index (χ4v) is 6.43. The Hall–Kier alpha value is -5.23. The van der Waals surface area contributed by atoms with E-state index in [1.807, 2.05) is 78.9 Å². The molecule has 0 aromatic heterocycles. The summed E-state index contributed by atoms with van der Waals surface area (Å²) < 4.78 is 31.7. The van der Waals surface area contributed by atoms with Crippen molar-refractivity contribution in [3.63, 3.8) is 0 Å². The number of benzene rings is 4. The maximum Gasteiger partial charge on any atom is 0.231 e. The minimum atomic E-state index is -0.526. The first-order valence-corrected chi connectivity index (χ1v) is 17.8. The van der Waals surface area contributed by atoms with Crippen LogP contribution in [0, 0.1) is 0 Å². The zero-order chi connectivity index (χ0) is 35.7. The lowest BCUT2D eigenvalue weighted by molar-refractivity contribution is 0.0839. The summed E-state index contributed by atoms with van der Waals surface area (Å²) in [6.07, 6.45) is 9.45. The number of ether oxygens (including phenoxy) is 5. The van der Waals surface area contributed by atoms with E-state index in [4.69, 9.17) is 23.7 Å². The normalized spacial score (nSPS) is 14.7. The minimum absolute atomic E-state index is 0.0329. The van der Waals surface area contributed by atoms with E-state index in [0.717, 1.165) is 52.0 Å². The van der Waals surface area contributed by atoms with Crippen molar-refractivity contribution in [1.82, 2.24) is 0 Å². The summed E-state index contributed by atoms with van der Waals surface area (Å²) in [5.74, 6) is 3.01. The average molecular weight is 685 g/mol. The maximum absolute atomic E-state index is 14.4. The topological polar surface area (TPSA) is 63.2 Å². The number of Topliss-reactive ketones (excluding diaryl/α,β-unsaturated/α-hetero) is 1. The largest absolute Gasteiger partial charge is 0.488 e. The van der Waals surface area contributed by atoms with Gasteiger partial charge in [-0.05, 0) is 77.5 Å². The third kappa shape index (κ3) is 8.93. The van der Waals surface area contributed by atoms with E-state index >= 15 is 0 Å². The van der Waals surface area contributed by atoms with E-state index in [2.05, 4.69) is 52.8 Å². The number of ketones is 1. The molecule has 1 unspecified atom stereocenters. The molecule has 0 amide bonds. The summed E-state index contributed by atoms with van der Waals surface area (Å²) in [4.78, 5) is 14.4. The second-order valence-corrected chi connectivity index (χ2v) is 13.8. The molecule has 51 heavy (non-hydrogen) atoms. The van der Waals surface area contributed by atoms with Crippen LogP contribution in [0.4, 0.5) is 0 Å². The molecule has 6 nitrogen and oxygen atoms in total. The predicted molar refractivity (Wildman–Crippen MR) is 202 cm³/mol. The van der Waals surface area contributed by atoms with Gasteiger partial charge in [0.1, 0.15) is 42.1 Å². The smallest absolute Gasteiger partial charge is 0.231 e. The van der Waals surface area contributed by atoms with Crippen LogP contribution in [0.1, 0.15) is 98.2 Å². The van der Waals surface area contributed by atoms with Crippen molar-refractivity contribution < 1.29 is 28.5 Å². The molecule has 0 fully saturated rings. The quantitative estimate of drug-likeness (QED) is 0.123. The minimum Gasteiger partial charge on any atom is -0.488 e. The monoisotopic (exact) mass is 684 g/mol. The lowest BCUT2D eigenvalue weighted by Crippen LogP contribution is -2.23. The molecule has 6 heteroatoms. The number of allylic oxidation sites excluding steroid dienone is 6. The Labute approximate surface area is 302 Å². The molecule has 264 valence electrons. The van der Waals surface area contributed by atoms with E-state index in [0.29, 0.717) is 54.6 Å². The highest BCUT2D eigenvalue weighted by atomic mass is 16.7. The second kappa shape index (κ2) is 16.7. The first-order chi connectivity index (χ1) is 24.8. The lowest BCUT2D eigenvalue weighted by Gasteiger charge is -2.30. The van der Waals surface area contributed by atoms with Crippen molar-refractivity contribution in [2.45, 2.75) is 86.0 Å². The average Bonchev–Trinajstić information content (AvgIpc) is 3.61. The van der Waals surface area contributed by atoms with Crippen LogP contribution in [0.5, 0.6) is 28.7 Å². The zero-order valence-corrected chi connectivity index (χ0v) is 30.4. The Bertz CT molecular complexity index is 1930. The Morgan fingerprint density at radius 1 is 0.745 bits per heavy atom. The number of carbonyl (C=O) groups excluding carboxylic acids is 1. The molecule has 6 rings (SSSR count). The molecule has 2 aliphatic heterocycles. The van der Waals surface area contributed by atoms with Gasteiger partial charge in [-0.2, -0.15) is 0 Å². The van der Waals surface area contributed by atoms with Crippen molar-refractivity contribution in [2.75, 3.05) is 6.79 Å². The molecule has 0 saturated heterocycles. The third-order valence-corrected chi connectivity index (χ3v) is 9.17. The van der Waals surface area contributed by atoms with Gasteiger partial charge in [-0.1, -0.05) is 102 Å². The number of rotatable bonds is 14. The molecule has 4 aromatic carbocycles. The van der Waals surface area contributed by atoms with Crippen LogP contribution in [-0.2, 0) is 26.1 Å². The molecular weight excluding hydrogens is 636 g/mol. The molecule has 0 bridgehead atoms. The fourth-order valence-electron chi connectivity index (χ4n) is 6.43. The number of hydrogen-bond acceptors (Lipinski definition) is 6. The van der Waals surface area contributed by atoms with Crippen LogP contribution in [0.2, 0.25) is 0 Å². The van der Waals surface area contributed by atoms with Crippen molar-refractivity contribution in [3.05, 3.63) is 147 Å². The van der Waals surface area contributed by atoms with Gasteiger partial charge in [0.05, 0.1) is 6.42 Å².